The second kappa shape index (κ2) is 5.89. The van der Waals surface area contributed by atoms with Crippen molar-refractivity contribution in [2.45, 2.75) is 18.9 Å². The van der Waals surface area contributed by atoms with E-state index in [-0.39, 0.29) is 11.0 Å². The molecule has 1 atom stereocenters. The van der Waals surface area contributed by atoms with E-state index in [0.29, 0.717) is 18.7 Å². The number of hydrogen-bond acceptors (Lipinski definition) is 5. The predicted molar refractivity (Wildman–Crippen MR) is 94.1 cm³/mol. The standard InChI is InChI=1S/C16H15ClN6O2/c17-13-12(22-7-3-6-11(22)14(18)24)8-19-23(15(13)25)16-20-9-4-1-2-5-10(9)21-16/h1-2,4-5,8,11H,3,6-7H2,(H2,18,24)(H,20,21)/t11-/m1/s1. The lowest BCUT2D eigenvalue weighted by atomic mass is 10.2. The molecule has 3 aromatic rings. The van der Waals surface area contributed by atoms with E-state index in [1.807, 2.05) is 24.3 Å². The van der Waals surface area contributed by atoms with Crippen molar-refractivity contribution in [1.82, 2.24) is 19.7 Å². The molecular weight excluding hydrogens is 344 g/mol. The van der Waals surface area contributed by atoms with Crippen LogP contribution in [0.2, 0.25) is 5.02 Å². The van der Waals surface area contributed by atoms with E-state index in [1.54, 1.807) is 4.90 Å². The van der Waals surface area contributed by atoms with E-state index in [1.165, 1.54) is 6.20 Å². The van der Waals surface area contributed by atoms with Crippen molar-refractivity contribution in [3.05, 3.63) is 45.8 Å². The first-order valence-corrected chi connectivity index (χ1v) is 8.23. The van der Waals surface area contributed by atoms with Gasteiger partial charge in [-0.05, 0) is 25.0 Å². The van der Waals surface area contributed by atoms with Crippen LogP contribution >= 0.6 is 11.6 Å². The lowest BCUT2D eigenvalue weighted by Gasteiger charge is -2.24. The van der Waals surface area contributed by atoms with Gasteiger partial charge in [0.15, 0.2) is 0 Å². The van der Waals surface area contributed by atoms with E-state index >= 15 is 0 Å². The number of nitrogens with zero attached hydrogens (tertiary/aromatic N) is 4. The zero-order valence-corrected chi connectivity index (χ0v) is 13.9. The molecule has 1 saturated heterocycles. The van der Waals surface area contributed by atoms with Gasteiger partial charge in [0.25, 0.3) is 5.56 Å². The fourth-order valence-electron chi connectivity index (χ4n) is 3.17. The van der Waals surface area contributed by atoms with Crippen molar-refractivity contribution in [2.24, 2.45) is 5.73 Å². The van der Waals surface area contributed by atoms with Crippen LogP contribution in [0.5, 0.6) is 0 Å². The molecular formula is C16H15ClN6O2. The molecule has 0 spiro atoms. The minimum Gasteiger partial charge on any atom is -0.368 e. The van der Waals surface area contributed by atoms with Gasteiger partial charge in [-0.1, -0.05) is 23.7 Å². The molecule has 0 aliphatic carbocycles. The molecule has 1 fully saturated rings. The minimum atomic E-state index is -0.506. The van der Waals surface area contributed by atoms with Crippen LogP contribution in [0.1, 0.15) is 12.8 Å². The van der Waals surface area contributed by atoms with Gasteiger partial charge < -0.3 is 15.6 Å². The van der Waals surface area contributed by atoms with Gasteiger partial charge in [0.05, 0.1) is 22.9 Å². The second-order valence-corrected chi connectivity index (χ2v) is 6.27. The molecule has 1 aliphatic heterocycles. The first-order chi connectivity index (χ1) is 12.1. The number of hydrogen-bond donors (Lipinski definition) is 2. The van der Waals surface area contributed by atoms with Crippen LogP contribution in [0, 0.1) is 0 Å². The lowest BCUT2D eigenvalue weighted by Crippen LogP contribution is -2.41. The average molecular weight is 359 g/mol. The zero-order chi connectivity index (χ0) is 17.6. The highest BCUT2D eigenvalue weighted by molar-refractivity contribution is 6.33. The number of carbonyl (C=O) groups excluding carboxylic acids is 1. The number of aromatic amines is 1. The quantitative estimate of drug-likeness (QED) is 0.731. The van der Waals surface area contributed by atoms with Crippen molar-refractivity contribution < 1.29 is 4.79 Å². The monoisotopic (exact) mass is 358 g/mol. The molecule has 1 aliphatic rings. The smallest absolute Gasteiger partial charge is 0.295 e. The molecule has 3 N–H and O–H groups in total. The number of nitrogens with one attached hydrogen (secondary N) is 1. The molecule has 1 aromatic carbocycles. The van der Waals surface area contributed by atoms with Gasteiger partial charge in [-0.2, -0.15) is 9.78 Å². The number of primary amides is 1. The molecule has 0 unspecified atom stereocenters. The first-order valence-electron chi connectivity index (χ1n) is 7.85. The number of para-hydroxylation sites is 2. The van der Waals surface area contributed by atoms with Gasteiger partial charge in [-0.25, -0.2) is 4.98 Å². The number of fused-ring (bicyclic) bond motifs is 1. The van der Waals surface area contributed by atoms with Crippen LogP contribution in [-0.2, 0) is 4.79 Å². The van der Waals surface area contributed by atoms with E-state index in [9.17, 15) is 9.59 Å². The Morgan fingerprint density at radius 2 is 2.16 bits per heavy atom. The van der Waals surface area contributed by atoms with Crippen LogP contribution in [0.4, 0.5) is 5.69 Å². The summed E-state index contributed by atoms with van der Waals surface area (Å²) in [7, 11) is 0. The molecule has 8 nitrogen and oxygen atoms in total. The van der Waals surface area contributed by atoms with Crippen molar-refractivity contribution >= 4 is 34.2 Å². The third-order valence-electron chi connectivity index (χ3n) is 4.37. The number of anilines is 1. The fourth-order valence-corrected chi connectivity index (χ4v) is 3.40. The minimum absolute atomic E-state index is 0.0105. The van der Waals surface area contributed by atoms with E-state index in [4.69, 9.17) is 17.3 Å². The molecule has 9 heteroatoms. The van der Waals surface area contributed by atoms with Gasteiger partial charge >= 0.3 is 0 Å². The van der Waals surface area contributed by atoms with Crippen molar-refractivity contribution in [3.8, 4) is 5.95 Å². The van der Waals surface area contributed by atoms with Gasteiger partial charge in [-0.15, -0.1) is 0 Å². The summed E-state index contributed by atoms with van der Waals surface area (Å²) in [4.78, 5) is 33.4. The number of halogens is 1. The van der Waals surface area contributed by atoms with Crippen LogP contribution in [0.3, 0.4) is 0 Å². The van der Waals surface area contributed by atoms with Crippen molar-refractivity contribution in [1.29, 1.82) is 0 Å². The average Bonchev–Trinajstić information content (AvgIpc) is 3.23. The highest BCUT2D eigenvalue weighted by atomic mass is 35.5. The molecule has 128 valence electrons. The number of H-pyrrole nitrogens is 1. The Balaban J connectivity index is 1.78. The van der Waals surface area contributed by atoms with Crippen molar-refractivity contribution in [3.63, 3.8) is 0 Å². The topological polar surface area (TPSA) is 110 Å². The van der Waals surface area contributed by atoms with Gasteiger partial charge in [0.2, 0.25) is 11.9 Å². The third kappa shape index (κ3) is 2.54. The number of amides is 1. The molecule has 2 aromatic heterocycles. The van der Waals surface area contributed by atoms with Crippen LogP contribution in [-0.4, -0.2) is 38.2 Å². The molecule has 0 bridgehead atoms. The Morgan fingerprint density at radius 1 is 1.36 bits per heavy atom. The highest BCUT2D eigenvalue weighted by Gasteiger charge is 2.31. The Bertz CT molecular complexity index is 994. The van der Waals surface area contributed by atoms with Crippen LogP contribution < -0.4 is 16.2 Å². The summed E-state index contributed by atoms with van der Waals surface area (Å²) in [6, 6.07) is 6.94. The summed E-state index contributed by atoms with van der Waals surface area (Å²) in [6.45, 7) is 0.600. The lowest BCUT2D eigenvalue weighted by molar-refractivity contribution is -0.119. The Hall–Kier alpha value is -2.87. The highest BCUT2D eigenvalue weighted by Crippen LogP contribution is 2.29. The number of imidazole rings is 1. The normalized spacial score (nSPS) is 17.3. The van der Waals surface area contributed by atoms with E-state index in [0.717, 1.165) is 22.1 Å². The van der Waals surface area contributed by atoms with Gasteiger partial charge in [0, 0.05) is 6.54 Å². The summed E-state index contributed by atoms with van der Waals surface area (Å²) in [5.74, 6) is -0.150. The summed E-state index contributed by atoms with van der Waals surface area (Å²) in [5, 5.41) is 4.16. The number of benzene rings is 1. The maximum absolute atomic E-state index is 12.7. The summed E-state index contributed by atoms with van der Waals surface area (Å²) in [5.41, 5.74) is 6.86. The largest absolute Gasteiger partial charge is 0.368 e. The van der Waals surface area contributed by atoms with E-state index in [2.05, 4.69) is 15.1 Å². The van der Waals surface area contributed by atoms with Gasteiger partial charge in [-0.3, -0.25) is 9.59 Å². The van der Waals surface area contributed by atoms with Gasteiger partial charge in [0.1, 0.15) is 11.1 Å². The summed E-state index contributed by atoms with van der Waals surface area (Å²) in [6.07, 6.45) is 2.91. The predicted octanol–water partition coefficient (Wildman–Crippen LogP) is 1.22. The maximum atomic E-state index is 12.7. The fraction of sp³-hybridized carbons (Fsp3) is 0.250. The zero-order valence-electron chi connectivity index (χ0n) is 13.1. The Labute approximate surface area is 147 Å². The van der Waals surface area contributed by atoms with E-state index < -0.39 is 17.5 Å². The van der Waals surface area contributed by atoms with Crippen LogP contribution in [0.25, 0.3) is 17.0 Å². The number of rotatable bonds is 3. The number of carbonyl (C=O) groups is 1. The van der Waals surface area contributed by atoms with Crippen molar-refractivity contribution in [2.75, 3.05) is 11.4 Å². The SMILES string of the molecule is NC(=O)[C@H]1CCCN1c1cnn(-c2nc3ccccc3[nH]2)c(=O)c1Cl. The summed E-state index contributed by atoms with van der Waals surface area (Å²) >= 11 is 6.29. The molecule has 0 radical (unpaired) electrons. The first kappa shape index (κ1) is 15.6. The summed E-state index contributed by atoms with van der Waals surface area (Å²) < 4.78 is 1.11. The molecule has 3 heterocycles. The maximum Gasteiger partial charge on any atom is 0.295 e. The number of aromatic nitrogens is 4. The van der Waals surface area contributed by atoms with Crippen LogP contribution in [0.15, 0.2) is 35.3 Å². The molecule has 4 rings (SSSR count). The Kier molecular flexibility index (Phi) is 3.69. The second-order valence-electron chi connectivity index (χ2n) is 5.89. The molecule has 0 saturated carbocycles. The third-order valence-corrected chi connectivity index (χ3v) is 4.72. The molecule has 25 heavy (non-hydrogen) atoms. The molecule has 1 amide bonds. The Morgan fingerprint density at radius 3 is 2.92 bits per heavy atom. The number of nitrogens with two attached hydrogens (primary N) is 1.